The average Bonchev–Trinajstić information content (AvgIpc) is 2.22. The number of anilines is 1. The summed E-state index contributed by atoms with van der Waals surface area (Å²) in [6.45, 7) is 5.83. The number of amides is 1. The molecule has 0 aliphatic rings. The molecule has 0 unspecified atom stereocenters. The van der Waals surface area contributed by atoms with Crippen molar-refractivity contribution in [2.24, 2.45) is 0 Å². The smallest absolute Gasteiger partial charge is 0.224 e. The van der Waals surface area contributed by atoms with E-state index < -0.39 is 0 Å². The molecule has 13 heavy (non-hydrogen) atoms. The maximum absolute atomic E-state index is 10.9. The van der Waals surface area contributed by atoms with Crippen LogP contribution >= 0.6 is 0 Å². The Labute approximate surface area is 81.5 Å². The lowest BCUT2D eigenvalue weighted by molar-refractivity contribution is -0.115. The minimum absolute atomic E-state index is 0. The van der Waals surface area contributed by atoms with Crippen molar-refractivity contribution in [3.63, 3.8) is 0 Å². The third-order valence-corrected chi connectivity index (χ3v) is 1.38. The Morgan fingerprint density at radius 3 is 2.31 bits per heavy atom. The van der Waals surface area contributed by atoms with E-state index in [1.165, 1.54) is 0 Å². The van der Waals surface area contributed by atoms with Crippen LogP contribution in [0.1, 0.15) is 28.6 Å². The first-order chi connectivity index (χ1) is 6.33. The molecule has 0 aromatic heterocycles. The van der Waals surface area contributed by atoms with E-state index in [-0.39, 0.29) is 7.33 Å². The van der Waals surface area contributed by atoms with Gasteiger partial charge >= 0.3 is 0 Å². The highest BCUT2D eigenvalue weighted by Gasteiger charge is 1.95. The van der Waals surface area contributed by atoms with E-state index in [1.54, 1.807) is 0 Å². The highest BCUT2D eigenvalue weighted by Crippen LogP contribution is 2.04. The highest BCUT2D eigenvalue weighted by molar-refractivity contribution is 5.90. The van der Waals surface area contributed by atoms with Crippen molar-refractivity contribution in [2.45, 2.75) is 27.2 Å². The van der Waals surface area contributed by atoms with Crippen LogP contribution in [-0.2, 0) is 4.79 Å². The van der Waals surface area contributed by atoms with Gasteiger partial charge in [-0.15, -0.1) is 0 Å². The molecule has 0 aliphatic heterocycles. The van der Waals surface area contributed by atoms with Crippen molar-refractivity contribution >= 4 is 11.6 Å². The van der Waals surface area contributed by atoms with Crippen molar-refractivity contribution < 1.29 is 6.22 Å². The van der Waals surface area contributed by atoms with Crippen LogP contribution in [0.4, 0.5) is 5.69 Å². The first-order valence-corrected chi connectivity index (χ1v) is 4.68. The molecule has 0 saturated heterocycles. The van der Waals surface area contributed by atoms with Crippen molar-refractivity contribution in [1.29, 1.82) is 0 Å². The summed E-state index contributed by atoms with van der Waals surface area (Å²) in [6, 6.07) is 9.44. The Morgan fingerprint density at radius 2 is 1.85 bits per heavy atom. The predicted octanol–water partition coefficient (Wildman–Crippen LogP) is 3.31. The molecule has 2 heteroatoms. The minimum Gasteiger partial charge on any atom is -0.326 e. The van der Waals surface area contributed by atoms with E-state index in [4.69, 9.17) is 0 Å². The van der Waals surface area contributed by atoms with Gasteiger partial charge < -0.3 is 5.32 Å². The predicted molar refractivity (Wildman–Crippen MR) is 58.8 cm³/mol. The van der Waals surface area contributed by atoms with E-state index >= 15 is 0 Å². The fourth-order valence-corrected chi connectivity index (χ4v) is 0.771. The third kappa shape index (κ3) is 5.01. The lowest BCUT2D eigenvalue weighted by atomic mass is 10.3. The van der Waals surface area contributed by atoms with Gasteiger partial charge in [-0.05, 0) is 12.1 Å². The van der Waals surface area contributed by atoms with Gasteiger partial charge in [0, 0.05) is 13.5 Å². The summed E-state index contributed by atoms with van der Waals surface area (Å²) in [6.07, 6.45) is 0.523. The number of rotatable bonds is 2. The molecule has 0 radical (unpaired) electrons. The van der Waals surface area contributed by atoms with Crippen LogP contribution in [0, 0.1) is 0 Å². The Kier molecular flexibility index (Phi) is 6.60. The van der Waals surface area contributed by atoms with Crippen molar-refractivity contribution in [2.75, 3.05) is 5.32 Å². The molecule has 0 atom stereocenters. The summed E-state index contributed by atoms with van der Waals surface area (Å²) in [5, 5.41) is 2.75. The number of hydrogen-bond donors (Lipinski definition) is 1. The number of hydrogen-bond acceptors (Lipinski definition) is 1. The van der Waals surface area contributed by atoms with Gasteiger partial charge in [-0.1, -0.05) is 39.0 Å². The second-order valence-corrected chi connectivity index (χ2v) is 2.27. The zero-order chi connectivity index (χ0) is 10.1. The second-order valence-electron chi connectivity index (χ2n) is 2.27. The molecule has 74 valence electrons. The van der Waals surface area contributed by atoms with Gasteiger partial charge in [-0.3, -0.25) is 4.79 Å². The van der Waals surface area contributed by atoms with Gasteiger partial charge in [-0.25, -0.2) is 0 Å². The zero-order valence-electron chi connectivity index (χ0n) is 8.50. The molecule has 0 spiro atoms. The van der Waals surface area contributed by atoms with Crippen LogP contribution in [-0.4, -0.2) is 5.91 Å². The fraction of sp³-hybridized carbons (Fsp3) is 0.364. The largest absolute Gasteiger partial charge is 0.326 e. The molecule has 1 aromatic rings. The molecule has 1 rings (SSSR count). The third-order valence-electron chi connectivity index (χ3n) is 1.38. The summed E-state index contributed by atoms with van der Waals surface area (Å²) >= 11 is 0. The molecule has 1 amide bonds. The van der Waals surface area contributed by atoms with Gasteiger partial charge in [0.2, 0.25) is 5.91 Å². The molecule has 0 saturated carbocycles. The first-order valence-electron chi connectivity index (χ1n) is 4.68. The summed E-state index contributed by atoms with van der Waals surface area (Å²) < 4.78 is 0. The Balaban J connectivity index is 0. The van der Waals surface area contributed by atoms with Crippen LogP contribution in [0.2, 0.25) is 0 Å². The van der Waals surface area contributed by atoms with Gasteiger partial charge in [0.05, 0.1) is 0 Å². The number of nitrogens with one attached hydrogen (secondary N) is 1. The van der Waals surface area contributed by atoms with Crippen LogP contribution in [0.25, 0.3) is 0 Å². The van der Waals surface area contributed by atoms with Gasteiger partial charge in [-0.2, -0.15) is 0 Å². The lowest BCUT2D eigenvalue weighted by Crippen LogP contribution is -2.08. The maximum atomic E-state index is 10.9. The number of carbonyl (C=O) groups excluding carboxylic acids is 1. The summed E-state index contributed by atoms with van der Waals surface area (Å²) in [7, 11) is 0. The van der Waals surface area contributed by atoms with Crippen molar-refractivity contribution in [1.82, 2.24) is 0 Å². The van der Waals surface area contributed by atoms with Crippen LogP contribution in [0.5, 0.6) is 0 Å². The van der Waals surface area contributed by atoms with Crippen LogP contribution in [0.3, 0.4) is 0 Å². The molecule has 0 heterocycles. The van der Waals surface area contributed by atoms with Crippen LogP contribution in [0.15, 0.2) is 30.3 Å². The maximum Gasteiger partial charge on any atom is 0.224 e. The molecule has 2 nitrogen and oxygen atoms in total. The van der Waals surface area contributed by atoms with E-state index in [1.807, 2.05) is 51.1 Å². The number of carbonyl (C=O) groups is 1. The second kappa shape index (κ2) is 7.35. The molecule has 0 aliphatic carbocycles. The molecule has 1 N–H and O–H groups in total. The topological polar surface area (TPSA) is 29.1 Å². The van der Waals surface area contributed by atoms with E-state index in [9.17, 15) is 4.79 Å². The van der Waals surface area contributed by atoms with Crippen molar-refractivity contribution in [3.8, 4) is 0 Å². The van der Waals surface area contributed by atoms with E-state index in [0.29, 0.717) is 6.42 Å². The Morgan fingerprint density at radius 1 is 1.31 bits per heavy atom. The van der Waals surface area contributed by atoms with Gasteiger partial charge in [0.1, 0.15) is 0 Å². The Hall–Kier alpha value is -1.31. The summed E-state index contributed by atoms with van der Waals surface area (Å²) in [5.41, 5.74) is 0.861. The lowest BCUT2D eigenvalue weighted by Gasteiger charge is -2.00. The number of benzene rings is 1. The monoisotopic (exact) mass is 181 g/mol. The molecule has 1 aromatic carbocycles. The standard InChI is InChI=1S/C9H11NO.C2H6.H2/c1-2-9(11)10-8-6-4-3-5-7-8;1-2;/h3-7H,2H2,1H3,(H,10,11);1-2H3;1H. The van der Waals surface area contributed by atoms with Crippen molar-refractivity contribution in [3.05, 3.63) is 30.3 Å². The number of para-hydroxylation sites is 1. The quantitative estimate of drug-likeness (QED) is 0.745. The van der Waals surface area contributed by atoms with Gasteiger partial charge in [0.15, 0.2) is 0 Å². The first kappa shape index (κ1) is 11.7. The molecular formula is C11H19NO. The van der Waals surface area contributed by atoms with E-state index in [2.05, 4.69) is 5.32 Å². The average molecular weight is 181 g/mol. The normalized spacial score (nSPS) is 8.23. The fourth-order valence-electron chi connectivity index (χ4n) is 0.771. The highest BCUT2D eigenvalue weighted by atomic mass is 16.1. The van der Waals surface area contributed by atoms with Gasteiger partial charge in [0.25, 0.3) is 0 Å². The summed E-state index contributed by atoms with van der Waals surface area (Å²) in [4.78, 5) is 10.9. The minimum atomic E-state index is 0. The Bertz CT molecular complexity index is 236. The molecule has 0 bridgehead atoms. The van der Waals surface area contributed by atoms with E-state index in [0.717, 1.165) is 5.69 Å². The van der Waals surface area contributed by atoms with Crippen LogP contribution < -0.4 is 5.32 Å². The molecule has 0 fully saturated rings. The molecular weight excluding hydrogens is 162 g/mol. The summed E-state index contributed by atoms with van der Waals surface area (Å²) in [5.74, 6) is 0.0520. The zero-order valence-corrected chi connectivity index (χ0v) is 8.50. The SMILES string of the molecule is CC.CCC(=O)Nc1ccccc1.[HH].